The number of thiazole rings is 1. The number of amides is 1. The molecule has 10 heteroatoms. The van der Waals surface area contributed by atoms with Crippen LogP contribution < -0.4 is 23.7 Å². The predicted octanol–water partition coefficient (Wildman–Crippen LogP) is 3.43. The smallest absolute Gasteiger partial charge is 0.326 e. The average molecular weight is 475 g/mol. The molecule has 0 spiro atoms. The van der Waals surface area contributed by atoms with Crippen molar-refractivity contribution in [3.05, 3.63) is 40.7 Å². The summed E-state index contributed by atoms with van der Waals surface area (Å²) in [5.41, 5.74) is 0.920. The van der Waals surface area contributed by atoms with Crippen LogP contribution in [0.1, 0.15) is 24.2 Å². The fourth-order valence-corrected chi connectivity index (χ4v) is 4.34. The van der Waals surface area contributed by atoms with Crippen LogP contribution in [-0.4, -0.2) is 51.0 Å². The second-order valence-electron chi connectivity index (χ2n) is 6.64. The zero-order valence-corrected chi connectivity index (χ0v) is 20.0. The van der Waals surface area contributed by atoms with Gasteiger partial charge in [-0.2, -0.15) is 4.99 Å². The van der Waals surface area contributed by atoms with E-state index in [2.05, 4.69) is 4.99 Å². The number of hydrogen-bond acceptors (Lipinski definition) is 8. The average Bonchev–Trinajstić information content (AvgIpc) is 3.15. The lowest BCUT2D eigenvalue weighted by atomic mass is 10.1. The normalized spacial score (nSPS) is 11.4. The summed E-state index contributed by atoms with van der Waals surface area (Å²) >= 11 is 1.28. The molecule has 0 N–H and O–H groups in total. The third-order valence-corrected chi connectivity index (χ3v) is 5.71. The van der Waals surface area contributed by atoms with Crippen molar-refractivity contribution in [2.75, 3.05) is 34.5 Å². The Bertz CT molecular complexity index is 1200. The van der Waals surface area contributed by atoms with Crippen LogP contribution in [0, 0.1) is 0 Å². The second kappa shape index (κ2) is 10.9. The molecule has 1 aromatic heterocycles. The van der Waals surface area contributed by atoms with Crippen molar-refractivity contribution in [1.82, 2.24) is 4.57 Å². The minimum absolute atomic E-state index is 0.112. The van der Waals surface area contributed by atoms with Crippen molar-refractivity contribution >= 4 is 33.4 Å². The molecule has 0 aliphatic rings. The summed E-state index contributed by atoms with van der Waals surface area (Å²) in [6.07, 6.45) is 0. The van der Waals surface area contributed by atoms with Gasteiger partial charge in [0, 0.05) is 5.56 Å². The van der Waals surface area contributed by atoms with E-state index < -0.39 is 11.9 Å². The molecule has 3 aromatic rings. The van der Waals surface area contributed by atoms with Gasteiger partial charge in [-0.3, -0.25) is 9.59 Å². The summed E-state index contributed by atoms with van der Waals surface area (Å²) in [7, 11) is 4.42. The molecular formula is C23H26N2O7S. The van der Waals surface area contributed by atoms with E-state index in [1.807, 2.05) is 25.1 Å². The van der Waals surface area contributed by atoms with Gasteiger partial charge in [0.05, 0.1) is 39.2 Å². The number of esters is 1. The summed E-state index contributed by atoms with van der Waals surface area (Å²) in [5.74, 6) is 0.672. The molecule has 0 fully saturated rings. The number of nitrogens with zero attached hydrogens (tertiary/aromatic N) is 2. The summed E-state index contributed by atoms with van der Waals surface area (Å²) in [6.45, 7) is 4.19. The van der Waals surface area contributed by atoms with Gasteiger partial charge in [-0.05, 0) is 38.1 Å². The lowest BCUT2D eigenvalue weighted by molar-refractivity contribution is -0.143. The molecule has 176 valence electrons. The number of benzene rings is 2. The molecule has 0 bridgehead atoms. The van der Waals surface area contributed by atoms with E-state index in [-0.39, 0.29) is 18.7 Å². The van der Waals surface area contributed by atoms with Crippen molar-refractivity contribution in [1.29, 1.82) is 0 Å². The van der Waals surface area contributed by atoms with E-state index in [0.717, 1.165) is 4.70 Å². The number of carbonyl (C=O) groups excluding carboxylic acids is 2. The minimum atomic E-state index is -0.531. The molecule has 0 unspecified atom stereocenters. The van der Waals surface area contributed by atoms with Crippen LogP contribution in [-0.2, 0) is 16.1 Å². The number of carbonyl (C=O) groups is 2. The lowest BCUT2D eigenvalue weighted by Gasteiger charge is -2.13. The van der Waals surface area contributed by atoms with Gasteiger partial charge in [-0.25, -0.2) is 0 Å². The van der Waals surface area contributed by atoms with Crippen LogP contribution in [0.5, 0.6) is 23.0 Å². The highest BCUT2D eigenvalue weighted by Crippen LogP contribution is 2.38. The molecule has 1 heterocycles. The van der Waals surface area contributed by atoms with Crippen molar-refractivity contribution in [2.24, 2.45) is 4.99 Å². The summed E-state index contributed by atoms with van der Waals surface area (Å²) in [4.78, 5) is 30.1. The molecule has 0 saturated heterocycles. The number of aromatic nitrogens is 1. The van der Waals surface area contributed by atoms with Gasteiger partial charge in [0.1, 0.15) is 17.8 Å². The topological polar surface area (TPSA) is 97.6 Å². The Morgan fingerprint density at radius 1 is 0.970 bits per heavy atom. The van der Waals surface area contributed by atoms with Crippen LogP contribution in [0.15, 0.2) is 35.3 Å². The SMILES string of the molecule is CCOC(=O)Cn1c(=NC(=O)c2cc(OC)c(OC)c(OC)c2)sc2cccc(OCC)c21. The first kappa shape index (κ1) is 24.1. The fraction of sp³-hybridized carbons (Fsp3) is 0.348. The standard InChI is InChI=1S/C23H26N2O7S/c1-6-31-15-9-8-10-18-20(15)25(13-19(26)32-7-2)23(33-18)24-22(27)14-11-16(28-3)21(30-5)17(12-14)29-4/h8-12H,6-7,13H2,1-5H3. The lowest BCUT2D eigenvalue weighted by Crippen LogP contribution is -2.23. The van der Waals surface area contributed by atoms with Gasteiger partial charge in [-0.15, -0.1) is 0 Å². The van der Waals surface area contributed by atoms with Gasteiger partial charge >= 0.3 is 5.97 Å². The highest BCUT2D eigenvalue weighted by atomic mass is 32.1. The number of fused-ring (bicyclic) bond motifs is 1. The maximum Gasteiger partial charge on any atom is 0.326 e. The number of para-hydroxylation sites is 1. The maximum atomic E-state index is 13.1. The van der Waals surface area contributed by atoms with Crippen molar-refractivity contribution in [2.45, 2.75) is 20.4 Å². The highest BCUT2D eigenvalue weighted by molar-refractivity contribution is 7.16. The molecule has 0 saturated carbocycles. The molecule has 0 aliphatic carbocycles. The van der Waals surface area contributed by atoms with E-state index in [0.29, 0.717) is 39.9 Å². The maximum absolute atomic E-state index is 13.1. The third-order valence-electron chi connectivity index (χ3n) is 4.67. The van der Waals surface area contributed by atoms with Crippen LogP contribution in [0.2, 0.25) is 0 Å². The molecule has 2 aromatic carbocycles. The Morgan fingerprint density at radius 2 is 1.67 bits per heavy atom. The van der Waals surface area contributed by atoms with Crippen LogP contribution in [0.4, 0.5) is 0 Å². The zero-order valence-electron chi connectivity index (χ0n) is 19.2. The Kier molecular flexibility index (Phi) is 7.94. The number of methoxy groups -OCH3 is 3. The largest absolute Gasteiger partial charge is 0.493 e. The van der Waals surface area contributed by atoms with Crippen LogP contribution in [0.25, 0.3) is 10.2 Å². The van der Waals surface area contributed by atoms with Crippen LogP contribution >= 0.6 is 11.3 Å². The zero-order chi connectivity index (χ0) is 24.0. The Balaban J connectivity index is 2.18. The van der Waals surface area contributed by atoms with E-state index in [4.69, 9.17) is 23.7 Å². The first-order valence-corrected chi connectivity index (χ1v) is 11.1. The minimum Gasteiger partial charge on any atom is -0.493 e. The van der Waals surface area contributed by atoms with E-state index in [1.54, 1.807) is 11.5 Å². The Hall–Kier alpha value is -3.53. The quantitative estimate of drug-likeness (QED) is 0.438. The number of ether oxygens (including phenoxy) is 5. The van der Waals surface area contributed by atoms with Gasteiger partial charge in [-0.1, -0.05) is 17.4 Å². The van der Waals surface area contributed by atoms with Gasteiger partial charge in [0.2, 0.25) is 5.75 Å². The van der Waals surface area contributed by atoms with Crippen molar-refractivity contribution in [3.8, 4) is 23.0 Å². The van der Waals surface area contributed by atoms with Gasteiger partial charge < -0.3 is 28.3 Å². The predicted molar refractivity (Wildman–Crippen MR) is 124 cm³/mol. The number of rotatable bonds is 9. The first-order chi connectivity index (χ1) is 16.0. The third kappa shape index (κ3) is 5.11. The second-order valence-corrected chi connectivity index (χ2v) is 7.65. The molecule has 1 amide bonds. The molecular weight excluding hydrogens is 448 g/mol. The summed E-state index contributed by atoms with van der Waals surface area (Å²) in [6, 6.07) is 8.60. The Morgan fingerprint density at radius 3 is 2.24 bits per heavy atom. The molecule has 33 heavy (non-hydrogen) atoms. The first-order valence-electron chi connectivity index (χ1n) is 10.3. The van der Waals surface area contributed by atoms with Crippen LogP contribution in [0.3, 0.4) is 0 Å². The van der Waals surface area contributed by atoms with Crippen molar-refractivity contribution < 1.29 is 33.3 Å². The summed E-state index contributed by atoms with van der Waals surface area (Å²) in [5, 5.41) is 0. The van der Waals surface area contributed by atoms with Gasteiger partial charge in [0.25, 0.3) is 5.91 Å². The molecule has 0 atom stereocenters. The summed E-state index contributed by atoms with van der Waals surface area (Å²) < 4.78 is 29.3. The van der Waals surface area contributed by atoms with Crippen molar-refractivity contribution in [3.63, 3.8) is 0 Å². The Labute approximate surface area is 195 Å². The molecule has 0 aliphatic heterocycles. The number of hydrogen-bond donors (Lipinski definition) is 0. The van der Waals surface area contributed by atoms with Gasteiger partial charge in [0.15, 0.2) is 16.3 Å². The van der Waals surface area contributed by atoms with E-state index >= 15 is 0 Å². The molecule has 0 radical (unpaired) electrons. The fourth-order valence-electron chi connectivity index (χ4n) is 3.29. The highest BCUT2D eigenvalue weighted by Gasteiger charge is 2.19. The van der Waals surface area contributed by atoms with E-state index in [9.17, 15) is 9.59 Å². The molecule has 9 nitrogen and oxygen atoms in total. The molecule has 3 rings (SSSR count). The monoisotopic (exact) mass is 474 g/mol. The van der Waals surface area contributed by atoms with E-state index in [1.165, 1.54) is 44.8 Å².